The van der Waals surface area contributed by atoms with E-state index in [1.807, 2.05) is 18.7 Å². The molecule has 0 unspecified atom stereocenters. The molecule has 0 saturated carbocycles. The van der Waals surface area contributed by atoms with Crippen LogP contribution in [0.4, 0.5) is 0 Å². The molecular weight excluding hydrogens is 354 g/mol. The van der Waals surface area contributed by atoms with Crippen LogP contribution in [-0.4, -0.2) is 39.1 Å². The number of H-pyrrole nitrogens is 1. The molecule has 0 bridgehead atoms. The van der Waals surface area contributed by atoms with Crippen molar-refractivity contribution < 1.29 is 4.79 Å². The zero-order valence-corrected chi connectivity index (χ0v) is 16.7. The highest BCUT2D eigenvalue weighted by atomic mass is 32.2. The van der Waals surface area contributed by atoms with Gasteiger partial charge in [0.25, 0.3) is 5.56 Å². The quantitative estimate of drug-likeness (QED) is 0.861. The first-order valence-corrected chi connectivity index (χ1v) is 10.8. The van der Waals surface area contributed by atoms with Gasteiger partial charge in [-0.2, -0.15) is 0 Å². The van der Waals surface area contributed by atoms with E-state index < -0.39 is 0 Å². The Morgan fingerprint density at radius 3 is 2.96 bits per heavy atom. The van der Waals surface area contributed by atoms with Crippen molar-refractivity contribution >= 4 is 39.2 Å². The van der Waals surface area contributed by atoms with Crippen LogP contribution in [0, 0.1) is 13.8 Å². The van der Waals surface area contributed by atoms with E-state index in [1.54, 1.807) is 11.3 Å². The molecule has 1 saturated heterocycles. The number of fused-ring (bicyclic) bond motifs is 1. The van der Waals surface area contributed by atoms with Crippen molar-refractivity contribution in [3.8, 4) is 0 Å². The molecule has 136 valence electrons. The predicted molar refractivity (Wildman–Crippen MR) is 106 cm³/mol. The topological polar surface area (TPSA) is 66.1 Å². The number of thiophene rings is 1. The molecular formula is C18H25N3O2S2. The lowest BCUT2D eigenvalue weighted by Crippen LogP contribution is -2.44. The number of thioether (sulfide) groups is 1. The minimum absolute atomic E-state index is 0.0733. The highest BCUT2D eigenvalue weighted by Gasteiger charge is 2.24. The van der Waals surface area contributed by atoms with Crippen LogP contribution in [0.3, 0.4) is 0 Å². The smallest absolute Gasteiger partial charge is 0.259 e. The van der Waals surface area contributed by atoms with Crippen molar-refractivity contribution in [2.75, 3.05) is 12.3 Å². The lowest BCUT2D eigenvalue weighted by Gasteiger charge is -2.35. The first kappa shape index (κ1) is 18.5. The van der Waals surface area contributed by atoms with Gasteiger partial charge in [0.15, 0.2) is 0 Å². The summed E-state index contributed by atoms with van der Waals surface area (Å²) in [5.41, 5.74) is 0.940. The van der Waals surface area contributed by atoms with Crippen LogP contribution >= 0.6 is 23.1 Å². The van der Waals surface area contributed by atoms with E-state index in [1.165, 1.54) is 18.2 Å². The molecule has 0 radical (unpaired) electrons. The number of amides is 1. The summed E-state index contributed by atoms with van der Waals surface area (Å²) in [7, 11) is 0. The van der Waals surface area contributed by atoms with Gasteiger partial charge in [-0.05, 0) is 45.1 Å². The number of aromatic nitrogens is 2. The zero-order chi connectivity index (χ0) is 18.0. The summed E-state index contributed by atoms with van der Waals surface area (Å²) in [6.07, 6.45) is 4.48. The highest BCUT2D eigenvalue weighted by molar-refractivity contribution is 7.99. The number of aryl methyl sites for hydroxylation is 2. The van der Waals surface area contributed by atoms with E-state index in [9.17, 15) is 9.59 Å². The monoisotopic (exact) mass is 379 g/mol. The van der Waals surface area contributed by atoms with Gasteiger partial charge in [-0.3, -0.25) is 9.59 Å². The lowest BCUT2D eigenvalue weighted by atomic mass is 10.0. The number of carbonyl (C=O) groups is 1. The maximum Gasteiger partial charge on any atom is 0.259 e. The molecule has 2 aromatic heterocycles. The van der Waals surface area contributed by atoms with Gasteiger partial charge in [0.2, 0.25) is 5.91 Å². The first-order chi connectivity index (χ1) is 12.0. The number of piperidine rings is 1. The zero-order valence-electron chi connectivity index (χ0n) is 15.1. The van der Waals surface area contributed by atoms with Crippen LogP contribution < -0.4 is 5.56 Å². The minimum Gasteiger partial charge on any atom is -0.339 e. The van der Waals surface area contributed by atoms with Gasteiger partial charge in [-0.25, -0.2) is 4.98 Å². The largest absolute Gasteiger partial charge is 0.339 e. The maximum absolute atomic E-state index is 12.5. The SMILES string of the molecule is CC[C@@H]1CCCCN1C(=O)CSCc1nc2sc(C)c(C)c2c(=O)[nH]1. The molecule has 1 N–H and O–H groups in total. The number of aromatic amines is 1. The third-order valence-electron chi connectivity index (χ3n) is 4.97. The van der Waals surface area contributed by atoms with E-state index in [-0.39, 0.29) is 11.5 Å². The van der Waals surface area contributed by atoms with Gasteiger partial charge >= 0.3 is 0 Å². The number of nitrogens with zero attached hydrogens (tertiary/aromatic N) is 2. The molecule has 5 nitrogen and oxygen atoms in total. The summed E-state index contributed by atoms with van der Waals surface area (Å²) >= 11 is 3.09. The van der Waals surface area contributed by atoms with Gasteiger partial charge in [0, 0.05) is 17.5 Å². The number of rotatable bonds is 5. The molecule has 1 fully saturated rings. The first-order valence-electron chi connectivity index (χ1n) is 8.87. The van der Waals surface area contributed by atoms with Crippen molar-refractivity contribution in [1.82, 2.24) is 14.9 Å². The van der Waals surface area contributed by atoms with Crippen molar-refractivity contribution in [2.24, 2.45) is 0 Å². The highest BCUT2D eigenvalue weighted by Crippen LogP contribution is 2.26. The van der Waals surface area contributed by atoms with Crippen molar-refractivity contribution in [3.63, 3.8) is 0 Å². The van der Waals surface area contributed by atoms with E-state index in [4.69, 9.17) is 0 Å². The lowest BCUT2D eigenvalue weighted by molar-refractivity contribution is -0.132. The van der Waals surface area contributed by atoms with E-state index in [2.05, 4.69) is 16.9 Å². The summed E-state index contributed by atoms with van der Waals surface area (Å²) in [6, 6.07) is 0.396. The van der Waals surface area contributed by atoms with Crippen LogP contribution in [0.2, 0.25) is 0 Å². The number of nitrogens with one attached hydrogen (secondary N) is 1. The Bertz CT molecular complexity index is 828. The van der Waals surface area contributed by atoms with E-state index in [0.29, 0.717) is 28.8 Å². The minimum atomic E-state index is -0.0733. The number of hydrogen-bond donors (Lipinski definition) is 1. The van der Waals surface area contributed by atoms with Gasteiger partial charge < -0.3 is 9.88 Å². The van der Waals surface area contributed by atoms with Gasteiger partial charge in [0.05, 0.1) is 16.9 Å². The molecule has 0 aliphatic carbocycles. The summed E-state index contributed by atoms with van der Waals surface area (Å²) < 4.78 is 0. The second-order valence-electron chi connectivity index (χ2n) is 6.61. The Morgan fingerprint density at radius 2 is 2.20 bits per heavy atom. The Kier molecular flexibility index (Phi) is 5.84. The molecule has 7 heteroatoms. The molecule has 3 rings (SSSR count). The van der Waals surface area contributed by atoms with Crippen LogP contribution in [0.5, 0.6) is 0 Å². The molecule has 1 amide bonds. The fraction of sp³-hybridized carbons (Fsp3) is 0.611. The molecule has 1 aliphatic heterocycles. The Labute approximate surface area is 156 Å². The summed E-state index contributed by atoms with van der Waals surface area (Å²) in [5, 5.41) is 0.700. The van der Waals surface area contributed by atoms with Gasteiger partial charge in [0.1, 0.15) is 10.7 Å². The normalized spacial score (nSPS) is 18.0. The predicted octanol–water partition coefficient (Wildman–Crippen LogP) is 3.63. The summed E-state index contributed by atoms with van der Waals surface area (Å²) in [5.74, 6) is 1.86. The number of likely N-dealkylation sites (tertiary alicyclic amines) is 1. The van der Waals surface area contributed by atoms with Crippen LogP contribution in [0.15, 0.2) is 4.79 Å². The third-order valence-corrected chi connectivity index (χ3v) is 7.00. The van der Waals surface area contributed by atoms with Crippen molar-refractivity contribution in [1.29, 1.82) is 0 Å². The van der Waals surface area contributed by atoms with Crippen LogP contribution in [0.25, 0.3) is 10.2 Å². The summed E-state index contributed by atoms with van der Waals surface area (Å²) in [6.45, 7) is 7.00. The van der Waals surface area contributed by atoms with Crippen LogP contribution in [-0.2, 0) is 10.5 Å². The standard InChI is InChI=1S/C18H25N3O2S2/c1-4-13-7-5-6-8-21(13)15(22)10-24-9-14-19-17(23)16-11(2)12(3)25-18(16)20-14/h13H,4-10H2,1-3H3,(H,19,20,23)/t13-/m1/s1. The Hall–Kier alpha value is -1.34. The molecule has 3 heterocycles. The maximum atomic E-state index is 12.5. The number of hydrogen-bond acceptors (Lipinski definition) is 5. The van der Waals surface area contributed by atoms with Crippen LogP contribution in [0.1, 0.15) is 48.9 Å². The van der Waals surface area contributed by atoms with Gasteiger partial charge in [-0.15, -0.1) is 23.1 Å². The summed E-state index contributed by atoms with van der Waals surface area (Å²) in [4.78, 5) is 36.2. The molecule has 0 aromatic carbocycles. The Balaban J connectivity index is 1.63. The number of carbonyl (C=O) groups excluding carboxylic acids is 1. The molecule has 2 aromatic rings. The fourth-order valence-corrected chi connectivity index (χ4v) is 5.26. The second-order valence-corrected chi connectivity index (χ2v) is 8.80. The van der Waals surface area contributed by atoms with Gasteiger partial charge in [-0.1, -0.05) is 6.92 Å². The molecule has 1 atom stereocenters. The van der Waals surface area contributed by atoms with E-state index >= 15 is 0 Å². The average Bonchev–Trinajstić information content (AvgIpc) is 2.89. The third kappa shape index (κ3) is 3.92. The second kappa shape index (κ2) is 7.91. The van der Waals surface area contributed by atoms with Crippen molar-refractivity contribution in [2.45, 2.75) is 58.2 Å². The molecule has 0 spiro atoms. The molecule has 25 heavy (non-hydrogen) atoms. The molecule has 1 aliphatic rings. The fourth-order valence-electron chi connectivity index (χ4n) is 3.44. The average molecular weight is 380 g/mol. The van der Waals surface area contributed by atoms with Crippen molar-refractivity contribution in [3.05, 3.63) is 26.6 Å². The Morgan fingerprint density at radius 1 is 1.40 bits per heavy atom. The van der Waals surface area contributed by atoms with E-state index in [0.717, 1.165) is 41.1 Å².